The Kier molecular flexibility index (Phi) is 6.29. The van der Waals surface area contributed by atoms with Gasteiger partial charge in [-0.1, -0.05) is 42.5 Å². The number of hydrogen-bond donors (Lipinski definition) is 2. The van der Waals surface area contributed by atoms with Gasteiger partial charge in [-0.3, -0.25) is 14.5 Å². The topological polar surface area (TPSA) is 61.4 Å². The first-order valence-electron chi connectivity index (χ1n) is 9.70. The monoisotopic (exact) mass is 389 g/mol. The van der Waals surface area contributed by atoms with Gasteiger partial charge >= 0.3 is 0 Å². The highest BCUT2D eigenvalue weighted by atomic mass is 16.2. The second-order valence-electron chi connectivity index (χ2n) is 7.51. The Morgan fingerprint density at radius 3 is 2.41 bits per heavy atom. The van der Waals surface area contributed by atoms with Gasteiger partial charge in [0.15, 0.2) is 0 Å². The van der Waals surface area contributed by atoms with E-state index >= 15 is 0 Å². The molecule has 150 valence electrons. The molecule has 3 aromatic carbocycles. The quantitative estimate of drug-likeness (QED) is 0.659. The van der Waals surface area contributed by atoms with Crippen molar-refractivity contribution in [2.45, 2.75) is 26.8 Å². The van der Waals surface area contributed by atoms with Crippen LogP contribution in [0.4, 0.5) is 11.4 Å². The Bertz CT molecular complexity index is 1050. The maximum Gasteiger partial charge on any atom is 0.241 e. The molecule has 0 spiro atoms. The largest absolute Gasteiger partial charge is 0.325 e. The summed E-state index contributed by atoms with van der Waals surface area (Å²) in [6.45, 7) is 5.86. The van der Waals surface area contributed by atoms with E-state index in [0.717, 1.165) is 33.3 Å². The average Bonchev–Trinajstić information content (AvgIpc) is 2.69. The Labute approximate surface area is 171 Å². The summed E-state index contributed by atoms with van der Waals surface area (Å²) in [6.07, 6.45) is 0. The van der Waals surface area contributed by atoms with Gasteiger partial charge in [0.05, 0.1) is 12.6 Å². The van der Waals surface area contributed by atoms with Crippen molar-refractivity contribution < 1.29 is 9.59 Å². The van der Waals surface area contributed by atoms with Gasteiger partial charge in [-0.2, -0.15) is 0 Å². The molecule has 2 N–H and O–H groups in total. The minimum atomic E-state index is -0.453. The van der Waals surface area contributed by atoms with Gasteiger partial charge < -0.3 is 10.6 Å². The third kappa shape index (κ3) is 5.21. The number of nitrogens with zero attached hydrogens (tertiary/aromatic N) is 1. The van der Waals surface area contributed by atoms with Gasteiger partial charge in [-0.15, -0.1) is 0 Å². The third-order valence-electron chi connectivity index (χ3n) is 5.12. The van der Waals surface area contributed by atoms with Crippen molar-refractivity contribution in [3.05, 3.63) is 71.8 Å². The SMILES string of the molecule is Cc1ccc(C)c(NC(=O)CN(C)[C@H](C)C(=O)Nc2ccc3ccccc3c2)c1. The van der Waals surface area contributed by atoms with Crippen LogP contribution >= 0.6 is 0 Å². The Balaban J connectivity index is 1.59. The first-order valence-corrected chi connectivity index (χ1v) is 9.70. The van der Waals surface area contributed by atoms with Gasteiger partial charge in [0.25, 0.3) is 0 Å². The zero-order valence-corrected chi connectivity index (χ0v) is 17.3. The first kappa shape index (κ1) is 20.6. The van der Waals surface area contributed by atoms with E-state index in [-0.39, 0.29) is 18.4 Å². The lowest BCUT2D eigenvalue weighted by molar-refractivity contribution is -0.122. The molecule has 0 aliphatic heterocycles. The van der Waals surface area contributed by atoms with E-state index in [1.807, 2.05) is 74.5 Å². The van der Waals surface area contributed by atoms with E-state index in [1.165, 1.54) is 0 Å². The van der Waals surface area contributed by atoms with Gasteiger partial charge in [0.2, 0.25) is 11.8 Å². The van der Waals surface area contributed by atoms with E-state index in [0.29, 0.717) is 0 Å². The summed E-state index contributed by atoms with van der Waals surface area (Å²) in [7, 11) is 1.77. The molecule has 0 aromatic heterocycles. The van der Waals surface area contributed by atoms with Crippen LogP contribution in [0.25, 0.3) is 10.8 Å². The molecule has 3 rings (SSSR count). The molecule has 0 saturated heterocycles. The van der Waals surface area contributed by atoms with Gasteiger partial charge in [-0.05, 0) is 67.9 Å². The van der Waals surface area contributed by atoms with E-state index in [2.05, 4.69) is 10.6 Å². The molecule has 29 heavy (non-hydrogen) atoms. The van der Waals surface area contributed by atoms with Crippen molar-refractivity contribution in [2.75, 3.05) is 24.2 Å². The summed E-state index contributed by atoms with van der Waals surface area (Å²) in [5.41, 5.74) is 3.64. The average molecular weight is 389 g/mol. The van der Waals surface area contributed by atoms with E-state index < -0.39 is 6.04 Å². The van der Waals surface area contributed by atoms with Crippen molar-refractivity contribution >= 4 is 34.0 Å². The number of benzene rings is 3. The molecular weight excluding hydrogens is 362 g/mol. The fourth-order valence-corrected chi connectivity index (χ4v) is 3.14. The van der Waals surface area contributed by atoms with Crippen LogP contribution in [0.1, 0.15) is 18.1 Å². The van der Waals surface area contributed by atoms with Crippen molar-refractivity contribution in [3.63, 3.8) is 0 Å². The van der Waals surface area contributed by atoms with Gasteiger partial charge in [0.1, 0.15) is 0 Å². The summed E-state index contributed by atoms with van der Waals surface area (Å²) in [5, 5.41) is 8.07. The number of hydrogen-bond acceptors (Lipinski definition) is 3. The lowest BCUT2D eigenvalue weighted by Gasteiger charge is -2.23. The number of amides is 2. The zero-order valence-electron chi connectivity index (χ0n) is 17.3. The maximum atomic E-state index is 12.6. The second kappa shape index (κ2) is 8.88. The molecule has 0 aliphatic carbocycles. The summed E-state index contributed by atoms with van der Waals surface area (Å²) in [5.74, 6) is -0.297. The smallest absolute Gasteiger partial charge is 0.241 e. The van der Waals surface area contributed by atoms with Crippen LogP contribution in [0.2, 0.25) is 0 Å². The summed E-state index contributed by atoms with van der Waals surface area (Å²) in [6, 6.07) is 19.3. The Morgan fingerprint density at radius 2 is 1.66 bits per heavy atom. The summed E-state index contributed by atoms with van der Waals surface area (Å²) < 4.78 is 0. The highest BCUT2D eigenvalue weighted by molar-refractivity contribution is 5.98. The molecule has 0 unspecified atom stereocenters. The molecule has 5 heteroatoms. The fraction of sp³-hybridized carbons (Fsp3) is 0.250. The molecule has 0 bridgehead atoms. The molecule has 0 radical (unpaired) electrons. The molecule has 1 atom stereocenters. The standard InChI is InChI=1S/C24H27N3O2/c1-16-9-10-17(2)22(13-16)26-23(28)15-27(4)18(3)24(29)25-21-12-11-19-7-5-6-8-20(19)14-21/h5-14,18H,15H2,1-4H3,(H,25,29)(H,26,28)/t18-/m1/s1. The molecule has 0 heterocycles. The highest BCUT2D eigenvalue weighted by Crippen LogP contribution is 2.19. The van der Waals surface area contributed by atoms with Crippen LogP contribution in [0.3, 0.4) is 0 Å². The number of nitrogens with one attached hydrogen (secondary N) is 2. The number of anilines is 2. The molecule has 0 fully saturated rings. The summed E-state index contributed by atoms with van der Waals surface area (Å²) >= 11 is 0. The Morgan fingerprint density at radius 1 is 0.931 bits per heavy atom. The minimum absolute atomic E-state index is 0.125. The van der Waals surface area contributed by atoms with Crippen LogP contribution in [-0.2, 0) is 9.59 Å². The van der Waals surface area contributed by atoms with Crippen LogP contribution in [0, 0.1) is 13.8 Å². The van der Waals surface area contributed by atoms with Crippen molar-refractivity contribution in [3.8, 4) is 0 Å². The Hall–Kier alpha value is -3.18. The van der Waals surface area contributed by atoms with E-state index in [4.69, 9.17) is 0 Å². The lowest BCUT2D eigenvalue weighted by Crippen LogP contribution is -2.43. The first-order chi connectivity index (χ1) is 13.8. The van der Waals surface area contributed by atoms with Crippen molar-refractivity contribution in [1.29, 1.82) is 0 Å². The number of rotatable bonds is 6. The van der Waals surface area contributed by atoms with E-state index in [1.54, 1.807) is 18.9 Å². The predicted octanol–water partition coefficient (Wildman–Crippen LogP) is 4.35. The van der Waals surface area contributed by atoms with Crippen molar-refractivity contribution in [1.82, 2.24) is 4.90 Å². The van der Waals surface area contributed by atoms with Crippen LogP contribution < -0.4 is 10.6 Å². The van der Waals surface area contributed by atoms with Gasteiger partial charge in [0, 0.05) is 11.4 Å². The third-order valence-corrected chi connectivity index (χ3v) is 5.12. The van der Waals surface area contributed by atoms with Gasteiger partial charge in [-0.25, -0.2) is 0 Å². The minimum Gasteiger partial charge on any atom is -0.325 e. The highest BCUT2D eigenvalue weighted by Gasteiger charge is 2.20. The summed E-state index contributed by atoms with van der Waals surface area (Å²) in [4.78, 5) is 26.8. The fourth-order valence-electron chi connectivity index (χ4n) is 3.14. The number of fused-ring (bicyclic) bond motifs is 1. The predicted molar refractivity (Wildman–Crippen MR) is 119 cm³/mol. The number of likely N-dealkylation sites (N-methyl/N-ethyl adjacent to an activating group) is 1. The molecular formula is C24H27N3O2. The van der Waals surface area contributed by atoms with Crippen LogP contribution in [0.15, 0.2) is 60.7 Å². The van der Waals surface area contributed by atoms with Crippen LogP contribution in [0.5, 0.6) is 0 Å². The molecule has 2 amide bonds. The molecule has 5 nitrogen and oxygen atoms in total. The number of carbonyl (C=O) groups is 2. The second-order valence-corrected chi connectivity index (χ2v) is 7.51. The molecule has 0 saturated carbocycles. The molecule has 0 aliphatic rings. The maximum absolute atomic E-state index is 12.6. The zero-order chi connectivity index (χ0) is 21.0. The lowest BCUT2D eigenvalue weighted by atomic mass is 10.1. The van der Waals surface area contributed by atoms with E-state index in [9.17, 15) is 9.59 Å². The van der Waals surface area contributed by atoms with Crippen molar-refractivity contribution in [2.24, 2.45) is 0 Å². The number of carbonyl (C=O) groups excluding carboxylic acids is 2. The number of aryl methyl sites for hydroxylation is 2. The van der Waals surface area contributed by atoms with Crippen LogP contribution in [-0.4, -0.2) is 36.3 Å². The molecule has 3 aromatic rings. The normalized spacial score (nSPS) is 12.0.